The summed E-state index contributed by atoms with van der Waals surface area (Å²) in [5.41, 5.74) is -1.15. The van der Waals surface area contributed by atoms with Crippen molar-refractivity contribution in [1.29, 1.82) is 0 Å². The van der Waals surface area contributed by atoms with Gasteiger partial charge in [-0.2, -0.15) is 0 Å². The van der Waals surface area contributed by atoms with Crippen molar-refractivity contribution >= 4 is 5.69 Å². The van der Waals surface area contributed by atoms with Gasteiger partial charge in [0.25, 0.3) is 0 Å². The summed E-state index contributed by atoms with van der Waals surface area (Å²) in [7, 11) is 0. The second-order valence-electron chi connectivity index (χ2n) is 8.78. The number of β-amino-alcohol motifs (C(OH)–C–C–N with tert-alkyl or cyclic N) is 2. The summed E-state index contributed by atoms with van der Waals surface area (Å²) >= 11 is 0. The number of piperidine rings is 1. The Morgan fingerprint density at radius 1 is 0.968 bits per heavy atom. The van der Waals surface area contributed by atoms with E-state index in [4.69, 9.17) is 9.47 Å². The van der Waals surface area contributed by atoms with Crippen LogP contribution >= 0.6 is 0 Å². The molecule has 2 aliphatic rings. The average molecular weight is 431 g/mol. The van der Waals surface area contributed by atoms with Crippen LogP contribution in [0.25, 0.3) is 0 Å². The van der Waals surface area contributed by atoms with E-state index in [0.29, 0.717) is 57.9 Å². The molecule has 0 aliphatic carbocycles. The third-order valence-corrected chi connectivity index (χ3v) is 6.08. The van der Waals surface area contributed by atoms with Crippen molar-refractivity contribution in [1.82, 2.24) is 4.90 Å². The number of rotatable bonds is 6. The van der Waals surface area contributed by atoms with Gasteiger partial charge in [-0.05, 0) is 43.2 Å². The number of hydrogen-bond donors (Lipinski definition) is 2. The average Bonchev–Trinajstić information content (AvgIpc) is 2.94. The Labute approximate surface area is 182 Å². The molecule has 0 radical (unpaired) electrons. The fourth-order valence-corrected chi connectivity index (χ4v) is 4.38. The molecule has 0 bridgehead atoms. The van der Waals surface area contributed by atoms with Crippen LogP contribution in [0.3, 0.4) is 0 Å². The Bertz CT molecular complexity index is 844. The number of benzene rings is 2. The number of halogens is 1. The first-order chi connectivity index (χ1) is 14.9. The lowest BCUT2D eigenvalue weighted by molar-refractivity contribution is -0.0742. The zero-order valence-corrected chi connectivity index (χ0v) is 17.8. The molecule has 31 heavy (non-hydrogen) atoms. The summed E-state index contributed by atoms with van der Waals surface area (Å²) in [5, 5.41) is 22.3. The van der Waals surface area contributed by atoms with Gasteiger partial charge in [0.2, 0.25) is 0 Å². The van der Waals surface area contributed by atoms with Crippen LogP contribution in [0.5, 0.6) is 5.75 Å². The Balaban J connectivity index is 1.33. The first kappa shape index (κ1) is 22.0. The van der Waals surface area contributed by atoms with Gasteiger partial charge in [0.1, 0.15) is 23.8 Å². The summed E-state index contributed by atoms with van der Waals surface area (Å²) in [6, 6.07) is 16.0. The predicted molar refractivity (Wildman–Crippen MR) is 117 cm³/mol. The first-order valence-corrected chi connectivity index (χ1v) is 10.9. The highest BCUT2D eigenvalue weighted by molar-refractivity contribution is 5.47. The van der Waals surface area contributed by atoms with Crippen molar-refractivity contribution in [2.24, 2.45) is 0 Å². The van der Waals surface area contributed by atoms with Crippen LogP contribution in [0.15, 0.2) is 54.6 Å². The highest BCUT2D eigenvalue weighted by Gasteiger charge is 2.39. The van der Waals surface area contributed by atoms with E-state index in [1.165, 1.54) is 12.1 Å². The molecule has 0 amide bonds. The molecule has 2 aliphatic heterocycles. The number of para-hydroxylation sites is 1. The molecule has 168 valence electrons. The molecule has 2 heterocycles. The summed E-state index contributed by atoms with van der Waals surface area (Å²) in [6.45, 7) is 3.61. The third kappa shape index (κ3) is 5.95. The van der Waals surface area contributed by atoms with E-state index in [2.05, 4.69) is 9.80 Å². The zero-order chi connectivity index (χ0) is 21.7. The maximum atomic E-state index is 13.5. The van der Waals surface area contributed by atoms with Gasteiger partial charge in [-0.15, -0.1) is 0 Å². The van der Waals surface area contributed by atoms with Crippen LogP contribution in [-0.2, 0) is 4.74 Å². The van der Waals surface area contributed by atoms with Crippen LogP contribution in [-0.4, -0.2) is 78.9 Å². The lowest BCUT2D eigenvalue weighted by Gasteiger charge is -2.42. The minimum Gasteiger partial charge on any atom is -0.490 e. The quantitative estimate of drug-likeness (QED) is 0.733. The molecular weight excluding hydrogens is 399 g/mol. The van der Waals surface area contributed by atoms with Crippen molar-refractivity contribution in [3.05, 3.63) is 60.4 Å². The minimum atomic E-state index is -1.15. The first-order valence-electron chi connectivity index (χ1n) is 10.9. The molecule has 2 aromatic rings. The monoisotopic (exact) mass is 430 g/mol. The topological polar surface area (TPSA) is 65.4 Å². The van der Waals surface area contributed by atoms with Crippen molar-refractivity contribution < 1.29 is 24.1 Å². The second kappa shape index (κ2) is 9.53. The minimum absolute atomic E-state index is 0.124. The predicted octanol–water partition coefficient (Wildman–Crippen LogP) is 2.30. The van der Waals surface area contributed by atoms with E-state index >= 15 is 0 Å². The fourth-order valence-electron chi connectivity index (χ4n) is 4.38. The van der Waals surface area contributed by atoms with Gasteiger partial charge in [-0.25, -0.2) is 4.39 Å². The zero-order valence-electron chi connectivity index (χ0n) is 17.8. The molecule has 7 heteroatoms. The smallest absolute Gasteiger partial charge is 0.134 e. The number of nitrogens with zero attached hydrogens (tertiary/aromatic N) is 2. The normalized spacial score (nSPS) is 24.5. The van der Waals surface area contributed by atoms with E-state index in [0.717, 1.165) is 5.69 Å². The van der Waals surface area contributed by atoms with E-state index in [9.17, 15) is 14.6 Å². The van der Waals surface area contributed by atoms with Gasteiger partial charge in [-0.1, -0.05) is 24.3 Å². The van der Waals surface area contributed by atoms with Crippen LogP contribution in [0, 0.1) is 5.82 Å². The number of ether oxygens (including phenoxy) is 2. The molecule has 6 nitrogen and oxygen atoms in total. The Morgan fingerprint density at radius 2 is 1.74 bits per heavy atom. The molecular formula is C24H31FN2O4. The van der Waals surface area contributed by atoms with E-state index in [1.807, 2.05) is 36.4 Å². The molecule has 0 unspecified atom stereocenters. The molecule has 2 aromatic carbocycles. The summed E-state index contributed by atoms with van der Waals surface area (Å²) in [6.07, 6.45) is 1.17. The maximum Gasteiger partial charge on any atom is 0.134 e. The fraction of sp³-hybridized carbons (Fsp3) is 0.500. The van der Waals surface area contributed by atoms with Gasteiger partial charge < -0.3 is 24.6 Å². The van der Waals surface area contributed by atoms with Crippen molar-refractivity contribution in [2.45, 2.75) is 24.0 Å². The molecule has 4 rings (SSSR count). The van der Waals surface area contributed by atoms with Gasteiger partial charge in [0.05, 0.1) is 18.8 Å². The van der Waals surface area contributed by atoms with Crippen LogP contribution in [0.2, 0.25) is 0 Å². The van der Waals surface area contributed by atoms with Gasteiger partial charge in [0, 0.05) is 38.4 Å². The standard InChI is InChI=1S/C24H31FN2O4/c25-20-5-4-6-21(15-20)27-11-9-23(28,10-12-27)16-26-13-14-30-18-24(29,17-26)19-31-22-7-2-1-3-8-22/h1-8,15,28-29H,9-14,16-19H2/t24-/m1/s1. The molecule has 0 saturated carbocycles. The second-order valence-corrected chi connectivity index (χ2v) is 8.78. The molecule has 1 atom stereocenters. The highest BCUT2D eigenvalue weighted by atomic mass is 19.1. The molecule has 2 fully saturated rings. The van der Waals surface area contributed by atoms with Crippen molar-refractivity contribution in [2.75, 3.05) is 57.4 Å². The number of anilines is 1. The molecule has 0 spiro atoms. The lowest BCUT2D eigenvalue weighted by Crippen LogP contribution is -2.55. The van der Waals surface area contributed by atoms with E-state index < -0.39 is 11.2 Å². The van der Waals surface area contributed by atoms with Crippen LogP contribution < -0.4 is 9.64 Å². The lowest BCUT2D eigenvalue weighted by atomic mass is 9.90. The Kier molecular flexibility index (Phi) is 6.77. The largest absolute Gasteiger partial charge is 0.490 e. The maximum absolute atomic E-state index is 13.5. The van der Waals surface area contributed by atoms with Crippen molar-refractivity contribution in [3.8, 4) is 5.75 Å². The van der Waals surface area contributed by atoms with Crippen LogP contribution in [0.1, 0.15) is 12.8 Å². The Morgan fingerprint density at radius 3 is 2.48 bits per heavy atom. The summed E-state index contributed by atoms with van der Waals surface area (Å²) in [5.74, 6) is 0.454. The molecule has 2 N–H and O–H groups in total. The summed E-state index contributed by atoms with van der Waals surface area (Å²) < 4.78 is 25.0. The van der Waals surface area contributed by atoms with Crippen molar-refractivity contribution in [3.63, 3.8) is 0 Å². The van der Waals surface area contributed by atoms with E-state index in [1.54, 1.807) is 6.07 Å². The third-order valence-electron chi connectivity index (χ3n) is 6.08. The Hall–Kier alpha value is -2.19. The summed E-state index contributed by atoms with van der Waals surface area (Å²) in [4.78, 5) is 4.17. The van der Waals surface area contributed by atoms with E-state index in [-0.39, 0.29) is 19.0 Å². The number of aliphatic hydroxyl groups is 2. The highest BCUT2D eigenvalue weighted by Crippen LogP contribution is 2.28. The SMILES string of the molecule is OC1(CN2CCOC[C@@](O)(COc3ccccc3)C2)CCN(c2cccc(F)c2)CC1. The van der Waals surface area contributed by atoms with Crippen LogP contribution in [0.4, 0.5) is 10.1 Å². The van der Waals surface area contributed by atoms with Gasteiger partial charge in [-0.3, -0.25) is 4.90 Å². The molecule has 0 aromatic heterocycles. The number of hydrogen-bond acceptors (Lipinski definition) is 6. The van der Waals surface area contributed by atoms with Gasteiger partial charge >= 0.3 is 0 Å². The molecule has 2 saturated heterocycles. The van der Waals surface area contributed by atoms with Gasteiger partial charge in [0.15, 0.2) is 0 Å².